The first kappa shape index (κ1) is 16.5. The van der Waals surface area contributed by atoms with E-state index in [0.29, 0.717) is 26.1 Å². The molecular weight excluding hydrogens is 309 g/mol. The second kappa shape index (κ2) is 7.47. The SMILES string of the molecule is CCCCC(=O)N1Cc2cccn2C[C@H](Oc2ncccc2F)C1. The van der Waals surface area contributed by atoms with E-state index < -0.39 is 5.82 Å². The van der Waals surface area contributed by atoms with Crippen molar-refractivity contribution >= 4 is 5.91 Å². The third-order valence-corrected chi connectivity index (χ3v) is 4.20. The van der Waals surface area contributed by atoms with Crippen molar-refractivity contribution in [3.8, 4) is 5.88 Å². The van der Waals surface area contributed by atoms with Gasteiger partial charge in [0.05, 0.1) is 19.6 Å². The van der Waals surface area contributed by atoms with E-state index in [1.54, 1.807) is 4.90 Å². The van der Waals surface area contributed by atoms with Gasteiger partial charge in [-0.2, -0.15) is 0 Å². The van der Waals surface area contributed by atoms with Crippen LogP contribution in [0.15, 0.2) is 36.7 Å². The van der Waals surface area contributed by atoms with E-state index in [9.17, 15) is 9.18 Å². The van der Waals surface area contributed by atoms with Gasteiger partial charge in [-0.1, -0.05) is 13.3 Å². The Morgan fingerprint density at radius 1 is 1.38 bits per heavy atom. The maximum absolute atomic E-state index is 13.8. The number of nitrogens with zero attached hydrogens (tertiary/aromatic N) is 3. The highest BCUT2D eigenvalue weighted by Crippen LogP contribution is 2.20. The fourth-order valence-electron chi connectivity index (χ4n) is 2.92. The van der Waals surface area contributed by atoms with Crippen LogP contribution >= 0.6 is 0 Å². The van der Waals surface area contributed by atoms with Crippen LogP contribution in [0.1, 0.15) is 31.9 Å². The van der Waals surface area contributed by atoms with Crippen LogP contribution in [0.5, 0.6) is 5.88 Å². The fourth-order valence-corrected chi connectivity index (χ4v) is 2.92. The summed E-state index contributed by atoms with van der Waals surface area (Å²) in [6.07, 6.45) is 5.50. The predicted molar refractivity (Wildman–Crippen MR) is 88.0 cm³/mol. The standard InChI is InChI=1S/C18H22FN3O2/c1-2-3-8-17(23)22-11-14-6-5-10-21(14)12-15(13-22)24-18-16(19)7-4-9-20-18/h4-7,9-10,15H,2-3,8,11-13H2,1H3/t15-/m0/s1. The third kappa shape index (κ3) is 3.75. The number of hydrogen-bond acceptors (Lipinski definition) is 3. The van der Waals surface area contributed by atoms with Crippen LogP contribution in [0.25, 0.3) is 0 Å². The van der Waals surface area contributed by atoms with Crippen molar-refractivity contribution in [2.45, 2.75) is 45.4 Å². The number of fused-ring (bicyclic) bond motifs is 1. The Morgan fingerprint density at radius 3 is 3.04 bits per heavy atom. The molecule has 0 spiro atoms. The van der Waals surface area contributed by atoms with Crippen molar-refractivity contribution in [3.05, 3.63) is 48.2 Å². The third-order valence-electron chi connectivity index (χ3n) is 4.20. The van der Waals surface area contributed by atoms with E-state index in [1.165, 1.54) is 18.3 Å². The number of hydrogen-bond donors (Lipinski definition) is 0. The molecule has 24 heavy (non-hydrogen) atoms. The first-order valence-corrected chi connectivity index (χ1v) is 8.36. The summed E-state index contributed by atoms with van der Waals surface area (Å²) in [6.45, 7) is 3.62. The number of pyridine rings is 1. The highest BCUT2D eigenvalue weighted by Gasteiger charge is 2.26. The van der Waals surface area contributed by atoms with Gasteiger partial charge in [-0.25, -0.2) is 9.37 Å². The van der Waals surface area contributed by atoms with E-state index >= 15 is 0 Å². The predicted octanol–water partition coefficient (Wildman–Crippen LogP) is 3.00. The number of carbonyl (C=O) groups excluding carboxylic acids is 1. The lowest BCUT2D eigenvalue weighted by Crippen LogP contribution is -2.38. The molecule has 0 saturated carbocycles. The highest BCUT2D eigenvalue weighted by molar-refractivity contribution is 5.76. The van der Waals surface area contributed by atoms with Crippen molar-refractivity contribution in [1.29, 1.82) is 0 Å². The Hall–Kier alpha value is -2.37. The molecule has 1 aliphatic rings. The van der Waals surface area contributed by atoms with Gasteiger partial charge in [0.1, 0.15) is 6.10 Å². The number of rotatable bonds is 5. The van der Waals surface area contributed by atoms with Crippen LogP contribution in [0.2, 0.25) is 0 Å². The molecule has 128 valence electrons. The summed E-state index contributed by atoms with van der Waals surface area (Å²) >= 11 is 0. The molecule has 0 saturated heterocycles. The minimum absolute atomic E-state index is 0.0148. The molecule has 0 unspecified atom stereocenters. The zero-order valence-electron chi connectivity index (χ0n) is 13.8. The summed E-state index contributed by atoms with van der Waals surface area (Å²) in [5.41, 5.74) is 1.06. The fraction of sp³-hybridized carbons (Fsp3) is 0.444. The molecule has 0 bridgehead atoms. The number of ether oxygens (including phenoxy) is 1. The van der Waals surface area contributed by atoms with Gasteiger partial charge in [0, 0.05) is 24.5 Å². The van der Waals surface area contributed by atoms with Crippen molar-refractivity contribution < 1.29 is 13.9 Å². The normalized spacial score (nSPS) is 17.2. The van der Waals surface area contributed by atoms with Gasteiger partial charge >= 0.3 is 0 Å². The highest BCUT2D eigenvalue weighted by atomic mass is 19.1. The Labute approximate surface area is 141 Å². The van der Waals surface area contributed by atoms with Crippen LogP contribution in [0, 0.1) is 5.82 Å². The van der Waals surface area contributed by atoms with E-state index in [-0.39, 0.29) is 17.9 Å². The zero-order valence-corrected chi connectivity index (χ0v) is 13.8. The number of carbonyl (C=O) groups is 1. The van der Waals surface area contributed by atoms with Gasteiger partial charge in [0.15, 0.2) is 5.82 Å². The zero-order chi connectivity index (χ0) is 16.9. The van der Waals surface area contributed by atoms with Crippen molar-refractivity contribution in [3.63, 3.8) is 0 Å². The Morgan fingerprint density at radius 2 is 2.25 bits per heavy atom. The molecule has 0 aromatic carbocycles. The minimum atomic E-state index is -0.488. The molecule has 1 aliphatic heterocycles. The molecule has 3 rings (SSSR count). The first-order valence-electron chi connectivity index (χ1n) is 8.36. The second-order valence-corrected chi connectivity index (χ2v) is 6.06. The van der Waals surface area contributed by atoms with Gasteiger partial charge in [-0.05, 0) is 30.7 Å². The number of aromatic nitrogens is 2. The Balaban J connectivity index is 1.78. The van der Waals surface area contributed by atoms with Gasteiger partial charge < -0.3 is 14.2 Å². The summed E-state index contributed by atoms with van der Waals surface area (Å²) in [5, 5.41) is 0. The molecule has 0 radical (unpaired) electrons. The molecule has 3 heterocycles. The van der Waals surface area contributed by atoms with Crippen molar-refractivity contribution in [2.24, 2.45) is 0 Å². The van der Waals surface area contributed by atoms with Gasteiger partial charge in [0.25, 0.3) is 5.88 Å². The average molecular weight is 331 g/mol. The smallest absolute Gasteiger partial charge is 0.250 e. The van der Waals surface area contributed by atoms with Crippen LogP contribution in [-0.2, 0) is 17.9 Å². The summed E-state index contributed by atoms with van der Waals surface area (Å²) in [6, 6.07) is 6.81. The lowest BCUT2D eigenvalue weighted by atomic mass is 10.2. The monoisotopic (exact) mass is 331 g/mol. The number of unbranched alkanes of at least 4 members (excludes halogenated alkanes) is 1. The molecule has 1 atom stereocenters. The van der Waals surface area contributed by atoms with Crippen LogP contribution in [-0.4, -0.2) is 33.0 Å². The Kier molecular flexibility index (Phi) is 5.13. The van der Waals surface area contributed by atoms with E-state index in [1.807, 2.05) is 18.3 Å². The molecule has 2 aromatic heterocycles. The summed E-state index contributed by atoms with van der Waals surface area (Å²) in [7, 11) is 0. The van der Waals surface area contributed by atoms with Gasteiger partial charge in [-0.3, -0.25) is 4.79 Å². The quantitative estimate of drug-likeness (QED) is 0.846. The molecule has 5 nitrogen and oxygen atoms in total. The topological polar surface area (TPSA) is 47.4 Å². The maximum atomic E-state index is 13.8. The van der Waals surface area contributed by atoms with E-state index in [2.05, 4.69) is 16.5 Å². The molecule has 6 heteroatoms. The molecule has 0 N–H and O–H groups in total. The first-order chi connectivity index (χ1) is 11.7. The van der Waals surface area contributed by atoms with Crippen LogP contribution in [0.4, 0.5) is 4.39 Å². The number of halogens is 1. The van der Waals surface area contributed by atoms with Crippen LogP contribution in [0.3, 0.4) is 0 Å². The molecule has 1 amide bonds. The Bertz CT molecular complexity index is 701. The molecule has 2 aromatic rings. The minimum Gasteiger partial charge on any atom is -0.468 e. The van der Waals surface area contributed by atoms with Gasteiger partial charge in [-0.15, -0.1) is 0 Å². The van der Waals surface area contributed by atoms with E-state index in [0.717, 1.165) is 18.5 Å². The second-order valence-electron chi connectivity index (χ2n) is 6.06. The molecule has 0 aliphatic carbocycles. The van der Waals surface area contributed by atoms with E-state index in [4.69, 9.17) is 4.74 Å². The summed E-state index contributed by atoms with van der Waals surface area (Å²) in [5.74, 6) is -0.390. The maximum Gasteiger partial charge on any atom is 0.250 e. The van der Waals surface area contributed by atoms with Crippen molar-refractivity contribution in [1.82, 2.24) is 14.5 Å². The number of amides is 1. The summed E-state index contributed by atoms with van der Waals surface area (Å²) in [4.78, 5) is 18.2. The lowest BCUT2D eigenvalue weighted by molar-refractivity contribution is -0.133. The van der Waals surface area contributed by atoms with Crippen molar-refractivity contribution in [2.75, 3.05) is 6.54 Å². The average Bonchev–Trinajstić information content (AvgIpc) is 2.93. The summed E-state index contributed by atoms with van der Waals surface area (Å²) < 4.78 is 21.7. The molecular formula is C18H22FN3O2. The molecule has 0 fully saturated rings. The van der Waals surface area contributed by atoms with Gasteiger partial charge in [0.2, 0.25) is 5.91 Å². The lowest BCUT2D eigenvalue weighted by Gasteiger charge is -2.24. The van der Waals surface area contributed by atoms with Crippen LogP contribution < -0.4 is 4.74 Å². The largest absolute Gasteiger partial charge is 0.468 e.